The summed E-state index contributed by atoms with van der Waals surface area (Å²) in [7, 11) is 2.19. The van der Waals surface area contributed by atoms with Gasteiger partial charge in [-0.2, -0.15) is 0 Å². The Morgan fingerprint density at radius 3 is 2.87 bits per heavy atom. The normalized spacial score (nSPS) is 20.5. The molecule has 2 N–H and O–H groups in total. The third-order valence-electron chi connectivity index (χ3n) is 2.59. The maximum absolute atomic E-state index is 8.33. The molecule has 82 valence electrons. The molecule has 1 aliphatic rings. The number of hydrogen-bond donors (Lipinski definition) is 1. The number of nitroso groups, excluding NO2 is 1. The summed E-state index contributed by atoms with van der Waals surface area (Å²) in [5.74, 6) is 3.92. The van der Waals surface area contributed by atoms with Crippen molar-refractivity contribution >= 4 is 0 Å². The lowest BCUT2D eigenvalue weighted by atomic mass is 10.1. The fourth-order valence-corrected chi connectivity index (χ4v) is 1.90. The van der Waals surface area contributed by atoms with Crippen LogP contribution in [0, 0.1) is 4.91 Å². The molecule has 5 heteroatoms. The molecule has 5 nitrogen and oxygen atoms in total. The van der Waals surface area contributed by atoms with Crippen LogP contribution < -0.4 is 5.84 Å². The van der Waals surface area contributed by atoms with Crippen LogP contribution >= 0.6 is 0 Å². The van der Waals surface area contributed by atoms with Crippen LogP contribution in [0.4, 0.5) is 0 Å². The molecule has 1 aliphatic heterocycles. The third kappa shape index (κ3) is 3.28. The molecule has 15 heavy (non-hydrogen) atoms. The highest BCUT2D eigenvalue weighted by Crippen LogP contribution is 2.29. The SMILES string of the molecule is CN1CCC[C@H]1c1cccnc1.NN=O. The lowest BCUT2D eigenvalue weighted by Crippen LogP contribution is -2.17. The number of nitrogens with two attached hydrogens (primary N) is 1. The fraction of sp³-hybridized carbons (Fsp3) is 0.500. The minimum Gasteiger partial charge on any atom is -0.299 e. The summed E-state index contributed by atoms with van der Waals surface area (Å²) in [4.78, 5) is 14.9. The van der Waals surface area contributed by atoms with Crippen LogP contribution in [0.15, 0.2) is 29.8 Å². The molecule has 0 radical (unpaired) electrons. The Hall–Kier alpha value is -1.49. The van der Waals surface area contributed by atoms with Gasteiger partial charge in [-0.15, -0.1) is 4.91 Å². The molecule has 0 saturated carbocycles. The molecule has 1 saturated heterocycles. The number of hydrogen-bond acceptors (Lipinski definition) is 4. The van der Waals surface area contributed by atoms with Gasteiger partial charge in [0.15, 0.2) is 0 Å². The van der Waals surface area contributed by atoms with Crippen LogP contribution in [0.5, 0.6) is 0 Å². The van der Waals surface area contributed by atoms with Gasteiger partial charge in [0.25, 0.3) is 0 Å². The van der Waals surface area contributed by atoms with Gasteiger partial charge in [0.2, 0.25) is 0 Å². The van der Waals surface area contributed by atoms with Gasteiger partial charge in [-0.1, -0.05) is 6.07 Å². The third-order valence-corrected chi connectivity index (χ3v) is 2.59. The first-order valence-corrected chi connectivity index (χ1v) is 4.92. The minimum absolute atomic E-state index is 0.610. The lowest BCUT2D eigenvalue weighted by Gasteiger charge is -2.18. The Kier molecular flexibility index (Phi) is 4.70. The number of pyridine rings is 1. The Labute approximate surface area is 89.2 Å². The Balaban J connectivity index is 0.000000337. The van der Waals surface area contributed by atoms with E-state index in [-0.39, 0.29) is 0 Å². The maximum atomic E-state index is 8.33. The van der Waals surface area contributed by atoms with Gasteiger partial charge in [-0.05, 0) is 38.1 Å². The topological polar surface area (TPSA) is 71.6 Å². The molecule has 1 aromatic heterocycles. The molecule has 2 rings (SSSR count). The summed E-state index contributed by atoms with van der Waals surface area (Å²) in [6.45, 7) is 1.22. The molecular formula is C10H16N4O. The second-order valence-corrected chi connectivity index (χ2v) is 3.53. The van der Waals surface area contributed by atoms with Crippen LogP contribution in [0.3, 0.4) is 0 Å². The van der Waals surface area contributed by atoms with E-state index in [4.69, 9.17) is 4.91 Å². The standard InChI is InChI=1S/C10H14N2.H2N2O/c1-12-7-3-5-10(12)9-4-2-6-11-8-9;1-2-3/h2,4,6,8,10H,3,5,7H2,1H3;(H2,1,3)/t10-;/m0./s1. The van der Waals surface area contributed by atoms with Crippen molar-refractivity contribution in [1.82, 2.24) is 9.88 Å². The molecule has 0 amide bonds. The zero-order valence-corrected chi connectivity index (χ0v) is 8.84. The van der Waals surface area contributed by atoms with Crippen molar-refractivity contribution in [2.24, 2.45) is 11.1 Å². The smallest absolute Gasteiger partial charge is 0.0468 e. The summed E-state index contributed by atoms with van der Waals surface area (Å²) < 4.78 is 0. The average molecular weight is 208 g/mol. The first-order valence-electron chi connectivity index (χ1n) is 4.92. The van der Waals surface area contributed by atoms with Gasteiger partial charge in [-0.25, -0.2) is 0 Å². The van der Waals surface area contributed by atoms with E-state index in [0.29, 0.717) is 6.04 Å². The van der Waals surface area contributed by atoms with E-state index in [1.54, 1.807) is 5.29 Å². The van der Waals surface area contributed by atoms with Crippen LogP contribution in [0.25, 0.3) is 0 Å². The molecule has 2 heterocycles. The number of likely N-dealkylation sites (tertiary alicyclic amines) is 1. The fourth-order valence-electron chi connectivity index (χ4n) is 1.90. The summed E-state index contributed by atoms with van der Waals surface area (Å²) in [6.07, 6.45) is 6.41. The van der Waals surface area contributed by atoms with Crippen molar-refractivity contribution in [3.63, 3.8) is 0 Å². The van der Waals surface area contributed by atoms with Gasteiger partial charge < -0.3 is 0 Å². The monoisotopic (exact) mass is 208 g/mol. The first-order chi connectivity index (χ1) is 7.29. The van der Waals surface area contributed by atoms with Crippen molar-refractivity contribution < 1.29 is 0 Å². The van der Waals surface area contributed by atoms with Crippen molar-refractivity contribution in [2.75, 3.05) is 13.6 Å². The average Bonchev–Trinajstić information content (AvgIpc) is 2.67. The molecule has 0 spiro atoms. The molecule has 0 aromatic carbocycles. The summed E-state index contributed by atoms with van der Waals surface area (Å²) >= 11 is 0. The maximum Gasteiger partial charge on any atom is 0.0468 e. The largest absolute Gasteiger partial charge is 0.299 e. The van der Waals surface area contributed by atoms with E-state index in [1.807, 2.05) is 18.5 Å². The van der Waals surface area contributed by atoms with Crippen LogP contribution in [-0.2, 0) is 0 Å². The summed E-state index contributed by atoms with van der Waals surface area (Å²) in [5, 5.41) is 1.75. The molecular weight excluding hydrogens is 192 g/mol. The molecule has 0 bridgehead atoms. The predicted octanol–water partition coefficient (Wildman–Crippen LogP) is 1.47. The van der Waals surface area contributed by atoms with E-state index in [2.05, 4.69) is 28.8 Å². The second-order valence-electron chi connectivity index (χ2n) is 3.53. The molecule has 1 aromatic rings. The van der Waals surface area contributed by atoms with Crippen LogP contribution in [0.2, 0.25) is 0 Å². The minimum atomic E-state index is 0.610. The number of rotatable bonds is 1. The van der Waals surface area contributed by atoms with Gasteiger partial charge in [0.1, 0.15) is 0 Å². The highest BCUT2D eigenvalue weighted by atomic mass is 16.3. The molecule has 0 unspecified atom stereocenters. The predicted molar refractivity (Wildman–Crippen MR) is 58.8 cm³/mol. The Morgan fingerprint density at radius 1 is 1.67 bits per heavy atom. The van der Waals surface area contributed by atoms with E-state index in [0.717, 1.165) is 0 Å². The van der Waals surface area contributed by atoms with Crippen molar-refractivity contribution in [2.45, 2.75) is 18.9 Å². The molecule has 1 fully saturated rings. The van der Waals surface area contributed by atoms with Gasteiger partial charge >= 0.3 is 0 Å². The molecule has 0 aliphatic carbocycles. The number of aromatic nitrogens is 1. The van der Waals surface area contributed by atoms with Crippen molar-refractivity contribution in [3.8, 4) is 0 Å². The van der Waals surface area contributed by atoms with E-state index >= 15 is 0 Å². The van der Waals surface area contributed by atoms with Crippen LogP contribution in [0.1, 0.15) is 24.4 Å². The zero-order chi connectivity index (χ0) is 11.1. The second kappa shape index (κ2) is 6.08. The van der Waals surface area contributed by atoms with E-state index in [1.165, 1.54) is 24.9 Å². The quantitative estimate of drug-likeness (QED) is 0.431. The van der Waals surface area contributed by atoms with Gasteiger partial charge in [0.05, 0.1) is 0 Å². The van der Waals surface area contributed by atoms with Crippen molar-refractivity contribution in [3.05, 3.63) is 35.0 Å². The van der Waals surface area contributed by atoms with E-state index in [9.17, 15) is 0 Å². The van der Waals surface area contributed by atoms with Gasteiger partial charge in [-0.3, -0.25) is 15.7 Å². The van der Waals surface area contributed by atoms with E-state index < -0.39 is 0 Å². The summed E-state index contributed by atoms with van der Waals surface area (Å²) in [5.41, 5.74) is 1.36. The van der Waals surface area contributed by atoms with Crippen molar-refractivity contribution in [1.29, 1.82) is 0 Å². The highest BCUT2D eigenvalue weighted by molar-refractivity contribution is 5.14. The Morgan fingerprint density at radius 2 is 2.40 bits per heavy atom. The Bertz CT molecular complexity index is 291. The highest BCUT2D eigenvalue weighted by Gasteiger charge is 2.21. The lowest BCUT2D eigenvalue weighted by molar-refractivity contribution is 0.317. The number of nitrogens with zero attached hydrogens (tertiary/aromatic N) is 3. The zero-order valence-electron chi connectivity index (χ0n) is 8.84. The first kappa shape index (κ1) is 11.6. The summed E-state index contributed by atoms with van der Waals surface area (Å²) in [6, 6.07) is 4.79. The van der Waals surface area contributed by atoms with Crippen LogP contribution in [-0.4, -0.2) is 23.5 Å². The molecule has 1 atom stereocenters. The van der Waals surface area contributed by atoms with Gasteiger partial charge in [0, 0.05) is 23.7 Å².